The van der Waals surface area contributed by atoms with Gasteiger partial charge in [-0.15, -0.1) is 0 Å². The minimum absolute atomic E-state index is 0.0343. The third-order valence-corrected chi connectivity index (χ3v) is 3.51. The minimum atomic E-state index is -1.13. The molecule has 1 heterocycles. The summed E-state index contributed by atoms with van der Waals surface area (Å²) in [5.41, 5.74) is 5.88. The van der Waals surface area contributed by atoms with Gasteiger partial charge in [0.05, 0.1) is 5.69 Å². The normalized spacial score (nSPS) is 12.0. The van der Waals surface area contributed by atoms with Crippen LogP contribution < -0.4 is 11.1 Å². The van der Waals surface area contributed by atoms with E-state index in [9.17, 15) is 19.5 Å². The van der Waals surface area contributed by atoms with Gasteiger partial charge in [0.15, 0.2) is 5.69 Å². The number of para-hydroxylation sites is 1. The van der Waals surface area contributed by atoms with Gasteiger partial charge in [-0.2, -0.15) is 5.10 Å². The first-order valence-corrected chi connectivity index (χ1v) is 7.78. The number of nitrogens with two attached hydrogens (primary N) is 1. The third kappa shape index (κ3) is 4.43. The Bertz CT molecular complexity index is 783. The van der Waals surface area contributed by atoms with E-state index in [2.05, 4.69) is 10.4 Å². The van der Waals surface area contributed by atoms with Gasteiger partial charge < -0.3 is 16.2 Å². The van der Waals surface area contributed by atoms with Crippen molar-refractivity contribution in [1.82, 2.24) is 15.1 Å². The number of carbonyl (C=O) groups excluding carboxylic acids is 2. The molecule has 0 radical (unpaired) electrons. The molecule has 132 valence electrons. The number of aliphatic carboxylic acids is 1. The molecule has 2 rings (SSSR count). The van der Waals surface area contributed by atoms with Crippen LogP contribution in [0.5, 0.6) is 0 Å². The lowest BCUT2D eigenvalue weighted by molar-refractivity contribution is -0.139. The monoisotopic (exact) mass is 344 g/mol. The molecule has 0 spiro atoms. The van der Waals surface area contributed by atoms with Gasteiger partial charge >= 0.3 is 5.97 Å². The van der Waals surface area contributed by atoms with E-state index in [1.807, 2.05) is 13.8 Å². The average molecular weight is 344 g/mol. The van der Waals surface area contributed by atoms with Gasteiger partial charge in [0.2, 0.25) is 0 Å². The van der Waals surface area contributed by atoms with Crippen LogP contribution in [0, 0.1) is 5.92 Å². The fourth-order valence-corrected chi connectivity index (χ4v) is 2.36. The third-order valence-electron chi connectivity index (χ3n) is 3.51. The summed E-state index contributed by atoms with van der Waals surface area (Å²) in [6.07, 6.45) is 0.281. The summed E-state index contributed by atoms with van der Waals surface area (Å²) in [5, 5.41) is 15.8. The highest BCUT2D eigenvalue weighted by molar-refractivity contribution is 5.98. The predicted molar refractivity (Wildman–Crippen MR) is 90.4 cm³/mol. The molecular weight excluding hydrogens is 324 g/mol. The average Bonchev–Trinajstić information content (AvgIpc) is 3.00. The molecule has 1 atom stereocenters. The maximum absolute atomic E-state index is 12.4. The van der Waals surface area contributed by atoms with Crippen molar-refractivity contribution in [3.05, 3.63) is 47.8 Å². The highest BCUT2D eigenvalue weighted by Crippen LogP contribution is 2.13. The summed E-state index contributed by atoms with van der Waals surface area (Å²) in [5.74, 6) is -2.46. The summed E-state index contributed by atoms with van der Waals surface area (Å²) in [6.45, 7) is 3.72. The molecule has 8 nitrogen and oxygen atoms in total. The highest BCUT2D eigenvalue weighted by Gasteiger charge is 2.24. The van der Waals surface area contributed by atoms with Crippen molar-refractivity contribution in [2.75, 3.05) is 0 Å². The maximum Gasteiger partial charge on any atom is 0.326 e. The van der Waals surface area contributed by atoms with E-state index < -0.39 is 23.8 Å². The number of nitrogens with one attached hydrogen (secondary N) is 1. The van der Waals surface area contributed by atoms with E-state index in [-0.39, 0.29) is 23.7 Å². The second-order valence-electron chi connectivity index (χ2n) is 6.02. The molecule has 0 aliphatic heterocycles. The Hall–Kier alpha value is -3.16. The van der Waals surface area contributed by atoms with Crippen LogP contribution in [0.25, 0.3) is 5.69 Å². The maximum atomic E-state index is 12.4. The standard InChI is InChI=1S/C17H20N4O4/c1-10(2)8-13(17(24)25)19-16(23)12-9-14(15(18)22)21(20-12)11-6-4-3-5-7-11/h3-7,9-10,13H,8H2,1-2H3,(H2,18,22)(H,19,23)(H,24,25)/t13-/m0/s1. The first-order chi connectivity index (χ1) is 11.8. The van der Waals surface area contributed by atoms with Gasteiger partial charge in [0, 0.05) is 6.07 Å². The van der Waals surface area contributed by atoms with Crippen LogP contribution in [-0.2, 0) is 4.79 Å². The fraction of sp³-hybridized carbons (Fsp3) is 0.294. The molecule has 0 saturated carbocycles. The Labute approximate surface area is 144 Å². The Kier molecular flexibility index (Phi) is 5.53. The summed E-state index contributed by atoms with van der Waals surface area (Å²) in [6, 6.07) is 8.94. The van der Waals surface area contributed by atoms with E-state index in [0.29, 0.717) is 5.69 Å². The lowest BCUT2D eigenvalue weighted by atomic mass is 10.0. The van der Waals surface area contributed by atoms with E-state index in [4.69, 9.17) is 5.73 Å². The number of rotatable bonds is 7. The zero-order valence-corrected chi connectivity index (χ0v) is 14.0. The molecule has 0 bridgehead atoms. The minimum Gasteiger partial charge on any atom is -0.480 e. The zero-order chi connectivity index (χ0) is 18.6. The van der Waals surface area contributed by atoms with Crippen molar-refractivity contribution in [2.24, 2.45) is 11.7 Å². The molecule has 25 heavy (non-hydrogen) atoms. The van der Waals surface area contributed by atoms with Crippen LogP contribution in [0.3, 0.4) is 0 Å². The van der Waals surface area contributed by atoms with Crippen molar-refractivity contribution < 1.29 is 19.5 Å². The Balaban J connectivity index is 2.31. The fourth-order valence-electron chi connectivity index (χ4n) is 2.36. The van der Waals surface area contributed by atoms with Gasteiger partial charge in [-0.1, -0.05) is 32.0 Å². The van der Waals surface area contributed by atoms with Crippen LogP contribution in [0.1, 0.15) is 41.2 Å². The number of carboxylic acid groups (broad SMARTS) is 1. The number of carboxylic acids is 1. The van der Waals surface area contributed by atoms with E-state index in [1.54, 1.807) is 30.3 Å². The molecule has 0 aliphatic carbocycles. The summed E-state index contributed by atoms with van der Waals surface area (Å²) < 4.78 is 1.26. The van der Waals surface area contributed by atoms with Gasteiger partial charge in [-0.25, -0.2) is 9.48 Å². The van der Waals surface area contributed by atoms with Crippen molar-refractivity contribution in [1.29, 1.82) is 0 Å². The van der Waals surface area contributed by atoms with E-state index >= 15 is 0 Å². The SMILES string of the molecule is CC(C)C[C@H](NC(=O)c1cc(C(N)=O)n(-c2ccccc2)n1)C(=O)O. The number of primary amides is 1. The van der Waals surface area contributed by atoms with Crippen molar-refractivity contribution >= 4 is 17.8 Å². The molecule has 0 saturated heterocycles. The second-order valence-corrected chi connectivity index (χ2v) is 6.02. The predicted octanol–water partition coefficient (Wildman–Crippen LogP) is 1.20. The van der Waals surface area contributed by atoms with Crippen molar-refractivity contribution in [3.8, 4) is 5.69 Å². The van der Waals surface area contributed by atoms with Crippen LogP contribution in [0.15, 0.2) is 36.4 Å². The molecule has 8 heteroatoms. The quantitative estimate of drug-likeness (QED) is 0.695. The molecule has 4 N–H and O–H groups in total. The molecule has 2 amide bonds. The highest BCUT2D eigenvalue weighted by atomic mass is 16.4. The van der Waals surface area contributed by atoms with E-state index in [1.165, 1.54) is 10.7 Å². The van der Waals surface area contributed by atoms with Crippen molar-refractivity contribution in [2.45, 2.75) is 26.3 Å². The van der Waals surface area contributed by atoms with Crippen molar-refractivity contribution in [3.63, 3.8) is 0 Å². The van der Waals surface area contributed by atoms with E-state index in [0.717, 1.165) is 0 Å². The summed E-state index contributed by atoms with van der Waals surface area (Å²) in [7, 11) is 0. The largest absolute Gasteiger partial charge is 0.480 e. The van der Waals surface area contributed by atoms with Gasteiger partial charge in [0.1, 0.15) is 11.7 Å². The number of nitrogens with zero attached hydrogens (tertiary/aromatic N) is 2. The van der Waals surface area contributed by atoms with Crippen LogP contribution >= 0.6 is 0 Å². The van der Waals surface area contributed by atoms with Gasteiger partial charge in [-0.05, 0) is 24.5 Å². The lowest BCUT2D eigenvalue weighted by Crippen LogP contribution is -2.41. The molecule has 1 aromatic carbocycles. The smallest absolute Gasteiger partial charge is 0.326 e. The van der Waals surface area contributed by atoms with Gasteiger partial charge in [0.25, 0.3) is 11.8 Å². The number of benzene rings is 1. The summed E-state index contributed by atoms with van der Waals surface area (Å²) >= 11 is 0. The van der Waals surface area contributed by atoms with Crippen LogP contribution in [0.2, 0.25) is 0 Å². The molecule has 0 aliphatic rings. The molecule has 0 unspecified atom stereocenters. The summed E-state index contributed by atoms with van der Waals surface area (Å²) in [4.78, 5) is 35.3. The van der Waals surface area contributed by atoms with Crippen LogP contribution in [-0.4, -0.2) is 38.7 Å². The molecular formula is C17H20N4O4. The number of hydrogen-bond donors (Lipinski definition) is 3. The number of amides is 2. The Morgan fingerprint density at radius 3 is 2.40 bits per heavy atom. The first-order valence-electron chi connectivity index (χ1n) is 7.78. The number of carbonyl (C=O) groups is 3. The molecule has 1 aromatic heterocycles. The van der Waals surface area contributed by atoms with Crippen LogP contribution in [0.4, 0.5) is 0 Å². The van der Waals surface area contributed by atoms with Gasteiger partial charge in [-0.3, -0.25) is 9.59 Å². The lowest BCUT2D eigenvalue weighted by Gasteiger charge is -2.15. The Morgan fingerprint density at radius 2 is 1.88 bits per heavy atom. The topological polar surface area (TPSA) is 127 Å². The molecule has 0 fully saturated rings. The Morgan fingerprint density at radius 1 is 1.24 bits per heavy atom. The number of aromatic nitrogens is 2. The molecule has 2 aromatic rings. The second kappa shape index (κ2) is 7.61. The number of hydrogen-bond acceptors (Lipinski definition) is 4. The first kappa shape index (κ1) is 18.2. The zero-order valence-electron chi connectivity index (χ0n) is 14.0.